The molecule has 0 aliphatic heterocycles. The van der Waals surface area contributed by atoms with Crippen molar-refractivity contribution in [1.29, 1.82) is 0 Å². The highest BCUT2D eigenvalue weighted by Gasteiger charge is 2.14. The van der Waals surface area contributed by atoms with Gasteiger partial charge in [-0.1, -0.05) is 36.4 Å². The number of carbonyl (C=O) groups excluding carboxylic acids is 1. The van der Waals surface area contributed by atoms with Crippen LogP contribution in [-0.2, 0) is 11.2 Å². The van der Waals surface area contributed by atoms with Gasteiger partial charge in [-0.3, -0.25) is 4.79 Å². The number of thiophene rings is 1. The maximum Gasteiger partial charge on any atom is 0.323 e. The molecule has 38 heavy (non-hydrogen) atoms. The van der Waals surface area contributed by atoms with Gasteiger partial charge in [0.15, 0.2) is 0 Å². The second-order valence-electron chi connectivity index (χ2n) is 8.91. The zero-order valence-electron chi connectivity index (χ0n) is 20.8. The van der Waals surface area contributed by atoms with Crippen molar-refractivity contribution in [3.05, 3.63) is 90.1 Å². The van der Waals surface area contributed by atoms with E-state index in [9.17, 15) is 9.59 Å². The first-order valence-corrected chi connectivity index (χ1v) is 12.7. The summed E-state index contributed by atoms with van der Waals surface area (Å²) in [7, 11) is 3.93. The molecule has 0 bridgehead atoms. The quantitative estimate of drug-likeness (QED) is 0.229. The Morgan fingerprint density at radius 2 is 1.45 bits per heavy atom. The van der Waals surface area contributed by atoms with Crippen molar-refractivity contribution in [2.75, 3.05) is 29.6 Å². The average Bonchev–Trinajstić information content (AvgIpc) is 3.34. The van der Waals surface area contributed by atoms with Crippen molar-refractivity contribution in [3.63, 3.8) is 0 Å². The molecule has 0 fully saturated rings. The van der Waals surface area contributed by atoms with Crippen LogP contribution in [0.2, 0.25) is 0 Å². The molecule has 3 N–H and O–H groups in total. The Morgan fingerprint density at radius 1 is 0.842 bits per heavy atom. The van der Waals surface area contributed by atoms with Crippen LogP contribution in [0.1, 0.15) is 5.56 Å². The predicted octanol–water partition coefficient (Wildman–Crippen LogP) is 6.36. The van der Waals surface area contributed by atoms with Gasteiger partial charge in [-0.25, -0.2) is 14.8 Å². The van der Waals surface area contributed by atoms with Crippen LogP contribution in [-0.4, -0.2) is 41.2 Å². The van der Waals surface area contributed by atoms with Crippen molar-refractivity contribution in [2.24, 2.45) is 0 Å². The van der Waals surface area contributed by atoms with Gasteiger partial charge >= 0.3 is 12.0 Å². The Kier molecular flexibility index (Phi) is 7.01. The molecule has 0 spiro atoms. The van der Waals surface area contributed by atoms with Crippen LogP contribution in [0.5, 0.6) is 0 Å². The number of aromatic nitrogens is 2. The van der Waals surface area contributed by atoms with Gasteiger partial charge in [0, 0.05) is 47.7 Å². The molecular weight excluding hydrogens is 498 g/mol. The number of hydrogen-bond donors (Lipinski definition) is 3. The summed E-state index contributed by atoms with van der Waals surface area (Å²) in [4.78, 5) is 34.5. The molecule has 0 saturated heterocycles. The second-order valence-corrected chi connectivity index (χ2v) is 9.79. The van der Waals surface area contributed by atoms with E-state index in [0.717, 1.165) is 43.9 Å². The van der Waals surface area contributed by atoms with Gasteiger partial charge in [0.2, 0.25) is 0 Å². The van der Waals surface area contributed by atoms with Gasteiger partial charge in [-0.15, -0.1) is 11.3 Å². The Labute approximate surface area is 223 Å². The monoisotopic (exact) mass is 523 g/mol. The molecule has 0 radical (unpaired) electrons. The number of hydrogen-bond acceptors (Lipinski definition) is 6. The standard InChI is InChI=1S/C29H25N5O3S/c1-34(2)23-13-11-22(12-14-23)33-29(37)32-21-9-7-20(8-10-21)26-28-27(31-17-30-26)24(16-38-28)19-5-3-18(4-6-19)15-25(35)36/h3-14,16-17H,15H2,1-2H3,(H,35,36)(H2,32,33,37). The molecule has 5 rings (SSSR count). The number of nitrogens with zero attached hydrogens (tertiary/aromatic N) is 3. The third-order valence-electron chi connectivity index (χ3n) is 6.03. The van der Waals surface area contributed by atoms with E-state index in [0.29, 0.717) is 11.4 Å². The molecule has 9 heteroatoms. The van der Waals surface area contributed by atoms with Crippen LogP contribution in [0.15, 0.2) is 84.5 Å². The molecule has 8 nitrogen and oxygen atoms in total. The summed E-state index contributed by atoms with van der Waals surface area (Å²) in [6, 6.07) is 22.3. The molecule has 0 unspecified atom stereocenters. The van der Waals surface area contributed by atoms with Crippen molar-refractivity contribution in [1.82, 2.24) is 9.97 Å². The van der Waals surface area contributed by atoms with E-state index >= 15 is 0 Å². The highest BCUT2D eigenvalue weighted by Crippen LogP contribution is 2.37. The number of aliphatic carboxylic acids is 1. The number of fused-ring (bicyclic) bond motifs is 1. The maximum absolute atomic E-state index is 12.5. The number of nitrogens with one attached hydrogen (secondary N) is 2. The van der Waals surface area contributed by atoms with E-state index in [1.807, 2.05) is 97.2 Å². The van der Waals surface area contributed by atoms with E-state index in [-0.39, 0.29) is 12.5 Å². The average molecular weight is 524 g/mol. The van der Waals surface area contributed by atoms with Crippen LogP contribution in [0.25, 0.3) is 32.6 Å². The number of carbonyl (C=O) groups is 2. The van der Waals surface area contributed by atoms with E-state index in [1.165, 1.54) is 0 Å². The van der Waals surface area contributed by atoms with E-state index in [4.69, 9.17) is 5.11 Å². The molecule has 190 valence electrons. The first-order valence-electron chi connectivity index (χ1n) is 11.9. The van der Waals surface area contributed by atoms with Crippen molar-refractivity contribution < 1.29 is 14.7 Å². The van der Waals surface area contributed by atoms with Crippen LogP contribution < -0.4 is 15.5 Å². The maximum atomic E-state index is 12.5. The fraction of sp³-hybridized carbons (Fsp3) is 0.103. The van der Waals surface area contributed by atoms with Gasteiger partial charge in [-0.2, -0.15) is 0 Å². The molecule has 5 aromatic rings. The minimum absolute atomic E-state index is 0.00658. The minimum atomic E-state index is -0.854. The zero-order chi connectivity index (χ0) is 26.6. The fourth-order valence-corrected chi connectivity index (χ4v) is 5.13. The van der Waals surface area contributed by atoms with Gasteiger partial charge in [-0.05, 0) is 47.5 Å². The summed E-state index contributed by atoms with van der Waals surface area (Å²) < 4.78 is 0.955. The lowest BCUT2D eigenvalue weighted by Gasteiger charge is -2.13. The predicted molar refractivity (Wildman–Crippen MR) is 153 cm³/mol. The topological polar surface area (TPSA) is 107 Å². The summed E-state index contributed by atoms with van der Waals surface area (Å²) in [5.41, 5.74) is 7.68. The molecule has 2 aromatic heterocycles. The lowest BCUT2D eigenvalue weighted by molar-refractivity contribution is -0.136. The molecule has 0 aliphatic rings. The first-order chi connectivity index (χ1) is 18.4. The van der Waals surface area contributed by atoms with Crippen LogP contribution >= 0.6 is 11.3 Å². The number of carboxylic acids is 1. The molecule has 0 atom stereocenters. The normalized spacial score (nSPS) is 10.8. The van der Waals surface area contributed by atoms with Crippen molar-refractivity contribution >= 4 is 50.6 Å². The fourth-order valence-electron chi connectivity index (χ4n) is 4.09. The third kappa shape index (κ3) is 5.47. The number of carboxylic acid groups (broad SMARTS) is 1. The molecule has 2 heterocycles. The van der Waals surface area contributed by atoms with Gasteiger partial charge < -0.3 is 20.6 Å². The number of urea groups is 1. The number of amides is 2. The van der Waals surface area contributed by atoms with Gasteiger partial charge in [0.1, 0.15) is 6.33 Å². The zero-order valence-corrected chi connectivity index (χ0v) is 21.6. The van der Waals surface area contributed by atoms with E-state index in [1.54, 1.807) is 17.7 Å². The molecule has 2 amide bonds. The van der Waals surface area contributed by atoms with E-state index < -0.39 is 5.97 Å². The SMILES string of the molecule is CN(C)c1ccc(NC(=O)Nc2ccc(-c3ncnc4c(-c5ccc(CC(=O)O)cc5)csc34)cc2)cc1. The highest BCUT2D eigenvalue weighted by molar-refractivity contribution is 7.18. The summed E-state index contributed by atoms with van der Waals surface area (Å²) >= 11 is 1.56. The Hall–Kier alpha value is -4.76. The van der Waals surface area contributed by atoms with Crippen molar-refractivity contribution in [3.8, 4) is 22.4 Å². The first kappa shape index (κ1) is 24.9. The number of rotatable bonds is 7. The van der Waals surface area contributed by atoms with Crippen LogP contribution in [0.3, 0.4) is 0 Å². The Morgan fingerprint density at radius 3 is 2.05 bits per heavy atom. The second kappa shape index (κ2) is 10.7. The lowest BCUT2D eigenvalue weighted by atomic mass is 10.0. The number of benzene rings is 3. The Balaban J connectivity index is 1.31. The molecule has 3 aromatic carbocycles. The van der Waals surface area contributed by atoms with Crippen LogP contribution in [0.4, 0.5) is 21.9 Å². The van der Waals surface area contributed by atoms with Gasteiger partial charge in [0.05, 0.1) is 22.3 Å². The van der Waals surface area contributed by atoms with E-state index in [2.05, 4.69) is 20.6 Å². The lowest BCUT2D eigenvalue weighted by Crippen LogP contribution is -2.19. The largest absolute Gasteiger partial charge is 0.481 e. The molecule has 0 aliphatic carbocycles. The third-order valence-corrected chi connectivity index (χ3v) is 7.01. The summed E-state index contributed by atoms with van der Waals surface area (Å²) in [5.74, 6) is -0.854. The summed E-state index contributed by atoms with van der Waals surface area (Å²) in [6.07, 6.45) is 1.54. The van der Waals surface area contributed by atoms with Crippen molar-refractivity contribution in [2.45, 2.75) is 6.42 Å². The smallest absolute Gasteiger partial charge is 0.323 e. The van der Waals surface area contributed by atoms with Crippen LogP contribution in [0, 0.1) is 0 Å². The Bertz CT molecular complexity index is 1590. The van der Waals surface area contributed by atoms with Gasteiger partial charge in [0.25, 0.3) is 0 Å². The summed E-state index contributed by atoms with van der Waals surface area (Å²) in [5, 5.41) is 16.7. The highest BCUT2D eigenvalue weighted by atomic mass is 32.1. The molecule has 0 saturated carbocycles. The minimum Gasteiger partial charge on any atom is -0.481 e. The summed E-state index contributed by atoms with van der Waals surface area (Å²) in [6.45, 7) is 0. The molecular formula is C29H25N5O3S. The number of anilines is 3.